The molecule has 0 radical (unpaired) electrons. The molecule has 2 rings (SSSR count). The average Bonchev–Trinajstić information content (AvgIpc) is 2.47. The number of nitrogens with zero attached hydrogens (tertiary/aromatic N) is 2. The second-order valence-corrected chi connectivity index (χ2v) is 6.03. The Morgan fingerprint density at radius 3 is 2.81 bits per heavy atom. The lowest BCUT2D eigenvalue weighted by molar-refractivity contribution is 0.0402. The van der Waals surface area contributed by atoms with E-state index in [2.05, 4.69) is 25.8 Å². The van der Waals surface area contributed by atoms with Crippen molar-refractivity contribution in [3.05, 3.63) is 29.8 Å². The zero-order valence-corrected chi connectivity index (χ0v) is 13.5. The fraction of sp³-hybridized carbons (Fsp3) is 0.588. The molecule has 4 heteroatoms. The molecule has 1 saturated heterocycles. The molecule has 1 aliphatic rings. The Morgan fingerprint density at radius 1 is 1.38 bits per heavy atom. The molecule has 0 aromatic heterocycles. The number of ether oxygens (including phenoxy) is 1. The fourth-order valence-corrected chi connectivity index (χ4v) is 2.83. The van der Waals surface area contributed by atoms with Crippen molar-refractivity contribution in [3.63, 3.8) is 0 Å². The lowest BCUT2D eigenvalue weighted by Crippen LogP contribution is -2.56. The largest absolute Gasteiger partial charge is 0.494 e. The Labute approximate surface area is 127 Å². The van der Waals surface area contributed by atoms with Gasteiger partial charge in [0.25, 0.3) is 5.91 Å². The van der Waals surface area contributed by atoms with Gasteiger partial charge in [-0.25, -0.2) is 0 Å². The van der Waals surface area contributed by atoms with Crippen LogP contribution in [0.25, 0.3) is 0 Å². The molecule has 1 fully saturated rings. The topological polar surface area (TPSA) is 32.8 Å². The molecule has 1 heterocycles. The number of piperazine rings is 1. The number of hydrogen-bond donors (Lipinski definition) is 0. The van der Waals surface area contributed by atoms with Crippen molar-refractivity contribution in [2.45, 2.75) is 26.8 Å². The van der Waals surface area contributed by atoms with Crippen LogP contribution in [-0.4, -0.2) is 55.0 Å². The lowest BCUT2D eigenvalue weighted by atomic mass is 9.98. The first-order valence-electron chi connectivity index (χ1n) is 7.75. The molecule has 0 saturated carbocycles. The van der Waals surface area contributed by atoms with Gasteiger partial charge in [0.05, 0.1) is 6.61 Å². The first kappa shape index (κ1) is 15.8. The van der Waals surface area contributed by atoms with E-state index in [-0.39, 0.29) is 11.9 Å². The predicted octanol–water partition coefficient (Wildman–Crippen LogP) is 2.50. The normalized spacial score (nSPS) is 19.9. The van der Waals surface area contributed by atoms with Gasteiger partial charge in [-0.15, -0.1) is 0 Å². The Kier molecular flexibility index (Phi) is 5.23. The van der Waals surface area contributed by atoms with E-state index >= 15 is 0 Å². The molecule has 0 aliphatic carbocycles. The van der Waals surface area contributed by atoms with Crippen molar-refractivity contribution in [2.75, 3.05) is 33.3 Å². The van der Waals surface area contributed by atoms with E-state index < -0.39 is 0 Å². The zero-order chi connectivity index (χ0) is 15.4. The summed E-state index contributed by atoms with van der Waals surface area (Å²) in [6.07, 6.45) is 0. The van der Waals surface area contributed by atoms with Crippen LogP contribution in [0.3, 0.4) is 0 Å². The van der Waals surface area contributed by atoms with Crippen LogP contribution >= 0.6 is 0 Å². The molecule has 0 spiro atoms. The molecule has 4 nitrogen and oxygen atoms in total. The third-order valence-electron chi connectivity index (χ3n) is 4.04. The van der Waals surface area contributed by atoms with Crippen LogP contribution in [0.1, 0.15) is 31.1 Å². The monoisotopic (exact) mass is 290 g/mol. The lowest BCUT2D eigenvalue weighted by Gasteiger charge is -2.42. The molecule has 1 aliphatic heterocycles. The molecule has 0 bridgehead atoms. The van der Waals surface area contributed by atoms with E-state index in [4.69, 9.17) is 4.74 Å². The number of amides is 1. The predicted molar refractivity (Wildman–Crippen MR) is 84.8 cm³/mol. The minimum atomic E-state index is 0.114. The summed E-state index contributed by atoms with van der Waals surface area (Å²) in [5.74, 6) is 1.33. The smallest absolute Gasteiger partial charge is 0.254 e. The number of carbonyl (C=O) groups excluding carboxylic acids is 1. The maximum atomic E-state index is 12.8. The van der Waals surface area contributed by atoms with Gasteiger partial charge in [0.1, 0.15) is 5.75 Å². The van der Waals surface area contributed by atoms with Gasteiger partial charge in [0.15, 0.2) is 0 Å². The van der Waals surface area contributed by atoms with Gasteiger partial charge >= 0.3 is 0 Å². The summed E-state index contributed by atoms with van der Waals surface area (Å²) in [6, 6.07) is 7.78. The Morgan fingerprint density at radius 2 is 2.14 bits per heavy atom. The molecule has 1 unspecified atom stereocenters. The number of hydrogen-bond acceptors (Lipinski definition) is 3. The third-order valence-corrected chi connectivity index (χ3v) is 4.04. The summed E-state index contributed by atoms with van der Waals surface area (Å²) < 4.78 is 5.50. The Bertz CT molecular complexity index is 487. The van der Waals surface area contributed by atoms with Crippen LogP contribution in [0.2, 0.25) is 0 Å². The SMILES string of the molecule is CCOc1cccc(C(=O)N2CCN(C)CC2C(C)C)c1. The molecule has 1 atom stereocenters. The maximum Gasteiger partial charge on any atom is 0.254 e. The Balaban J connectivity index is 2.19. The molecule has 1 amide bonds. The molecular formula is C17H26N2O2. The van der Waals surface area contributed by atoms with Gasteiger partial charge in [-0.2, -0.15) is 0 Å². The summed E-state index contributed by atoms with van der Waals surface area (Å²) in [6.45, 7) is 9.58. The second kappa shape index (κ2) is 6.94. The molecular weight excluding hydrogens is 264 g/mol. The van der Waals surface area contributed by atoms with Crippen molar-refractivity contribution < 1.29 is 9.53 Å². The second-order valence-electron chi connectivity index (χ2n) is 6.03. The minimum Gasteiger partial charge on any atom is -0.494 e. The van der Waals surface area contributed by atoms with E-state index in [1.807, 2.05) is 36.1 Å². The van der Waals surface area contributed by atoms with Crippen molar-refractivity contribution in [1.82, 2.24) is 9.80 Å². The third kappa shape index (κ3) is 3.76. The number of likely N-dealkylation sites (N-methyl/N-ethyl adjacent to an activating group) is 1. The van der Waals surface area contributed by atoms with Gasteiger partial charge in [0.2, 0.25) is 0 Å². The molecule has 1 aromatic rings. The molecule has 1 aromatic carbocycles. The first-order valence-corrected chi connectivity index (χ1v) is 7.75. The van der Waals surface area contributed by atoms with Gasteiger partial charge in [-0.1, -0.05) is 19.9 Å². The highest BCUT2D eigenvalue weighted by Gasteiger charge is 2.31. The van der Waals surface area contributed by atoms with Crippen molar-refractivity contribution >= 4 is 5.91 Å². The van der Waals surface area contributed by atoms with Crippen LogP contribution in [0.4, 0.5) is 0 Å². The summed E-state index contributed by atoms with van der Waals surface area (Å²) in [5.41, 5.74) is 0.719. The van der Waals surface area contributed by atoms with Crippen molar-refractivity contribution in [3.8, 4) is 5.75 Å². The highest BCUT2D eigenvalue weighted by molar-refractivity contribution is 5.95. The average molecular weight is 290 g/mol. The van der Waals surface area contributed by atoms with Gasteiger partial charge in [0, 0.05) is 31.2 Å². The van der Waals surface area contributed by atoms with E-state index in [0.29, 0.717) is 12.5 Å². The Hall–Kier alpha value is -1.55. The van der Waals surface area contributed by atoms with E-state index in [1.54, 1.807) is 0 Å². The summed E-state index contributed by atoms with van der Waals surface area (Å²) in [4.78, 5) is 17.1. The van der Waals surface area contributed by atoms with Crippen LogP contribution in [0.15, 0.2) is 24.3 Å². The van der Waals surface area contributed by atoms with Gasteiger partial charge < -0.3 is 14.5 Å². The van der Waals surface area contributed by atoms with Crippen molar-refractivity contribution in [1.29, 1.82) is 0 Å². The summed E-state index contributed by atoms with van der Waals surface area (Å²) in [5, 5.41) is 0. The van der Waals surface area contributed by atoms with Crippen molar-refractivity contribution in [2.24, 2.45) is 5.92 Å². The number of benzene rings is 1. The van der Waals surface area contributed by atoms with E-state index in [0.717, 1.165) is 30.9 Å². The molecule has 0 N–H and O–H groups in total. The van der Waals surface area contributed by atoms with Crippen LogP contribution in [0.5, 0.6) is 5.75 Å². The van der Waals surface area contributed by atoms with E-state index in [1.165, 1.54) is 0 Å². The summed E-state index contributed by atoms with van der Waals surface area (Å²) >= 11 is 0. The molecule has 116 valence electrons. The fourth-order valence-electron chi connectivity index (χ4n) is 2.83. The minimum absolute atomic E-state index is 0.114. The first-order chi connectivity index (χ1) is 10.0. The van der Waals surface area contributed by atoms with Crippen LogP contribution in [0, 0.1) is 5.92 Å². The van der Waals surface area contributed by atoms with E-state index in [9.17, 15) is 4.79 Å². The van der Waals surface area contributed by atoms with Gasteiger partial charge in [-0.05, 0) is 38.1 Å². The summed E-state index contributed by atoms with van der Waals surface area (Å²) in [7, 11) is 2.12. The number of carbonyl (C=O) groups is 1. The molecule has 21 heavy (non-hydrogen) atoms. The zero-order valence-electron chi connectivity index (χ0n) is 13.5. The highest BCUT2D eigenvalue weighted by atomic mass is 16.5. The standard InChI is InChI=1S/C17H26N2O2/c1-5-21-15-8-6-7-14(11-15)17(20)19-10-9-18(4)12-16(19)13(2)3/h6-8,11,13,16H,5,9-10,12H2,1-4H3. The quantitative estimate of drug-likeness (QED) is 0.854. The van der Waals surface area contributed by atoms with Crippen LogP contribution < -0.4 is 4.74 Å². The number of rotatable bonds is 4. The van der Waals surface area contributed by atoms with Gasteiger partial charge in [-0.3, -0.25) is 4.79 Å². The van der Waals surface area contributed by atoms with Crippen LogP contribution in [-0.2, 0) is 0 Å². The highest BCUT2D eigenvalue weighted by Crippen LogP contribution is 2.21. The maximum absolute atomic E-state index is 12.8.